The summed E-state index contributed by atoms with van der Waals surface area (Å²) in [4.78, 5) is 12.9. The molecule has 0 aromatic rings. The lowest BCUT2D eigenvalue weighted by molar-refractivity contribution is -0.132. The van der Waals surface area contributed by atoms with E-state index < -0.39 is 0 Å². The molecule has 0 unspecified atom stereocenters. The number of nitrogens with zero attached hydrogens (tertiary/aromatic N) is 1. The van der Waals surface area contributed by atoms with Gasteiger partial charge in [-0.1, -0.05) is 29.8 Å². The van der Waals surface area contributed by atoms with E-state index in [0.717, 1.165) is 11.9 Å². The van der Waals surface area contributed by atoms with Crippen LogP contribution in [0.2, 0.25) is 0 Å². The molecule has 0 aromatic heterocycles. The summed E-state index contributed by atoms with van der Waals surface area (Å²) in [7, 11) is 1.82. The number of amides is 1. The molecule has 0 radical (unpaired) electrons. The Hall–Kier alpha value is -0.0500. The van der Waals surface area contributed by atoms with Gasteiger partial charge in [-0.05, 0) is 0 Å². The molecule has 0 spiro atoms. The molecular weight excluding hydrogens is 194 g/mol. The zero-order valence-corrected chi connectivity index (χ0v) is 8.31. The van der Waals surface area contributed by atoms with E-state index >= 15 is 0 Å². The van der Waals surface area contributed by atoms with Crippen molar-refractivity contribution in [1.82, 2.24) is 4.90 Å². The van der Waals surface area contributed by atoms with Crippen LogP contribution < -0.4 is 0 Å². The minimum absolute atomic E-state index is 0.115. The molecular formula is C7H14BrNO. The van der Waals surface area contributed by atoms with Crippen molar-refractivity contribution in [3.63, 3.8) is 0 Å². The van der Waals surface area contributed by atoms with Crippen LogP contribution in [0.3, 0.4) is 0 Å². The summed E-state index contributed by atoms with van der Waals surface area (Å²) in [5.41, 5.74) is 0. The van der Waals surface area contributed by atoms with E-state index in [1.807, 2.05) is 20.9 Å². The van der Waals surface area contributed by atoms with Crippen LogP contribution in [0.1, 0.15) is 13.8 Å². The fraction of sp³-hybridized carbons (Fsp3) is 0.857. The Labute approximate surface area is 70.7 Å². The molecule has 0 aliphatic carbocycles. The Morgan fingerprint density at radius 2 is 2.10 bits per heavy atom. The molecule has 0 aromatic carbocycles. The smallest absolute Gasteiger partial charge is 0.224 e. The molecule has 60 valence electrons. The minimum Gasteiger partial charge on any atom is -0.345 e. The summed E-state index contributed by atoms with van der Waals surface area (Å²) in [6, 6.07) is 0. The van der Waals surface area contributed by atoms with Crippen LogP contribution in [-0.2, 0) is 4.79 Å². The van der Waals surface area contributed by atoms with Crippen molar-refractivity contribution >= 4 is 21.8 Å². The number of hydrogen-bond donors (Lipinski definition) is 0. The highest BCUT2D eigenvalue weighted by Crippen LogP contribution is 1.98. The maximum absolute atomic E-state index is 11.1. The number of carbonyl (C=O) groups excluding carboxylic acids is 1. The third-order valence-corrected chi connectivity index (χ3v) is 1.64. The Bertz CT molecular complexity index is 114. The zero-order chi connectivity index (χ0) is 8.15. The third-order valence-electron chi connectivity index (χ3n) is 1.29. The molecule has 0 bridgehead atoms. The van der Waals surface area contributed by atoms with Gasteiger partial charge in [0.15, 0.2) is 0 Å². The van der Waals surface area contributed by atoms with E-state index in [1.54, 1.807) is 4.90 Å². The Morgan fingerprint density at radius 1 is 1.60 bits per heavy atom. The van der Waals surface area contributed by atoms with Crippen molar-refractivity contribution in [3.05, 3.63) is 0 Å². The average Bonchev–Trinajstić information content (AvgIpc) is 1.87. The standard InChI is InChI=1S/C7H14BrNO/c1-6(2)7(10)9(3)5-4-8/h6H,4-5H2,1-3H3. The molecule has 3 heteroatoms. The first-order chi connectivity index (χ1) is 4.59. The molecule has 0 saturated heterocycles. The molecule has 0 rings (SSSR count). The van der Waals surface area contributed by atoms with Crippen LogP contribution in [0.25, 0.3) is 0 Å². The zero-order valence-electron chi connectivity index (χ0n) is 6.72. The maximum Gasteiger partial charge on any atom is 0.224 e. The van der Waals surface area contributed by atoms with Gasteiger partial charge >= 0.3 is 0 Å². The molecule has 10 heavy (non-hydrogen) atoms. The molecule has 0 aliphatic heterocycles. The monoisotopic (exact) mass is 207 g/mol. The quantitative estimate of drug-likeness (QED) is 0.643. The largest absolute Gasteiger partial charge is 0.345 e. The van der Waals surface area contributed by atoms with Gasteiger partial charge in [0.1, 0.15) is 0 Å². The van der Waals surface area contributed by atoms with Crippen molar-refractivity contribution in [2.45, 2.75) is 13.8 Å². The molecule has 0 saturated carbocycles. The van der Waals surface area contributed by atoms with Crippen LogP contribution in [0.4, 0.5) is 0 Å². The number of rotatable bonds is 3. The molecule has 2 nitrogen and oxygen atoms in total. The highest BCUT2D eigenvalue weighted by molar-refractivity contribution is 9.09. The Morgan fingerprint density at radius 3 is 2.40 bits per heavy atom. The summed E-state index contributed by atoms with van der Waals surface area (Å²) in [5.74, 6) is 0.323. The predicted molar refractivity (Wildman–Crippen MR) is 46.3 cm³/mol. The van der Waals surface area contributed by atoms with Gasteiger partial charge in [0.2, 0.25) is 5.91 Å². The normalized spacial score (nSPS) is 10.1. The Balaban J connectivity index is 3.71. The first-order valence-electron chi connectivity index (χ1n) is 3.40. The van der Waals surface area contributed by atoms with Crippen molar-refractivity contribution in [3.8, 4) is 0 Å². The summed E-state index contributed by atoms with van der Waals surface area (Å²) >= 11 is 3.27. The van der Waals surface area contributed by atoms with Gasteiger partial charge in [-0.15, -0.1) is 0 Å². The Kier molecular flexibility index (Phi) is 4.69. The molecule has 0 fully saturated rings. The second kappa shape index (κ2) is 4.72. The van der Waals surface area contributed by atoms with E-state index in [-0.39, 0.29) is 11.8 Å². The van der Waals surface area contributed by atoms with Gasteiger partial charge in [-0.2, -0.15) is 0 Å². The van der Waals surface area contributed by atoms with Gasteiger partial charge in [-0.25, -0.2) is 0 Å². The molecule has 0 atom stereocenters. The van der Waals surface area contributed by atoms with Crippen molar-refractivity contribution < 1.29 is 4.79 Å². The van der Waals surface area contributed by atoms with Crippen LogP contribution in [-0.4, -0.2) is 29.7 Å². The van der Waals surface area contributed by atoms with Crippen LogP contribution in [0.15, 0.2) is 0 Å². The molecule has 1 amide bonds. The lowest BCUT2D eigenvalue weighted by atomic mass is 10.2. The lowest BCUT2D eigenvalue weighted by Gasteiger charge is -2.17. The van der Waals surface area contributed by atoms with Gasteiger partial charge in [0, 0.05) is 24.8 Å². The second-order valence-corrected chi connectivity index (χ2v) is 3.40. The fourth-order valence-corrected chi connectivity index (χ4v) is 1.21. The molecule has 0 aliphatic rings. The fourth-order valence-electron chi connectivity index (χ4n) is 0.678. The van der Waals surface area contributed by atoms with Crippen LogP contribution in [0, 0.1) is 5.92 Å². The van der Waals surface area contributed by atoms with Crippen molar-refractivity contribution in [2.24, 2.45) is 5.92 Å². The lowest BCUT2D eigenvalue weighted by Crippen LogP contribution is -2.31. The van der Waals surface area contributed by atoms with Crippen molar-refractivity contribution in [1.29, 1.82) is 0 Å². The minimum atomic E-state index is 0.115. The van der Waals surface area contributed by atoms with Crippen LogP contribution >= 0.6 is 15.9 Å². The maximum atomic E-state index is 11.1. The highest BCUT2D eigenvalue weighted by Gasteiger charge is 2.10. The topological polar surface area (TPSA) is 20.3 Å². The second-order valence-electron chi connectivity index (χ2n) is 2.60. The van der Waals surface area contributed by atoms with E-state index in [9.17, 15) is 4.79 Å². The number of hydrogen-bond acceptors (Lipinski definition) is 1. The molecule has 0 N–H and O–H groups in total. The first-order valence-corrected chi connectivity index (χ1v) is 4.52. The summed E-state index contributed by atoms with van der Waals surface area (Å²) in [5, 5.41) is 0.849. The number of carbonyl (C=O) groups is 1. The summed E-state index contributed by atoms with van der Waals surface area (Å²) in [6.45, 7) is 4.61. The number of halogens is 1. The molecule has 0 heterocycles. The van der Waals surface area contributed by atoms with Gasteiger partial charge in [-0.3, -0.25) is 4.79 Å². The highest BCUT2D eigenvalue weighted by atomic mass is 79.9. The SMILES string of the molecule is CC(C)C(=O)N(C)CCBr. The number of alkyl halides is 1. The summed E-state index contributed by atoms with van der Waals surface area (Å²) in [6.07, 6.45) is 0. The van der Waals surface area contributed by atoms with E-state index in [1.165, 1.54) is 0 Å². The van der Waals surface area contributed by atoms with E-state index in [4.69, 9.17) is 0 Å². The van der Waals surface area contributed by atoms with Gasteiger partial charge < -0.3 is 4.90 Å². The van der Waals surface area contributed by atoms with E-state index in [2.05, 4.69) is 15.9 Å². The predicted octanol–water partition coefficient (Wildman–Crippen LogP) is 1.50. The third kappa shape index (κ3) is 3.20. The van der Waals surface area contributed by atoms with Gasteiger partial charge in [0.05, 0.1) is 0 Å². The van der Waals surface area contributed by atoms with Crippen LogP contribution in [0.5, 0.6) is 0 Å². The van der Waals surface area contributed by atoms with E-state index in [0.29, 0.717) is 0 Å². The van der Waals surface area contributed by atoms with Gasteiger partial charge in [0.25, 0.3) is 0 Å². The average molecular weight is 208 g/mol. The first kappa shape index (κ1) is 9.95. The van der Waals surface area contributed by atoms with Crippen molar-refractivity contribution in [2.75, 3.05) is 18.9 Å². The summed E-state index contributed by atoms with van der Waals surface area (Å²) < 4.78 is 0.